The van der Waals surface area contributed by atoms with Crippen molar-refractivity contribution >= 4 is 11.8 Å². The van der Waals surface area contributed by atoms with Gasteiger partial charge >= 0.3 is 5.97 Å². The van der Waals surface area contributed by atoms with Crippen LogP contribution in [0.25, 0.3) is 17.1 Å². The second-order valence-electron chi connectivity index (χ2n) is 7.04. The molecule has 0 aliphatic heterocycles. The third-order valence-corrected chi connectivity index (χ3v) is 4.55. The number of aromatic hydroxyl groups is 2. The van der Waals surface area contributed by atoms with Crippen LogP contribution < -0.4 is 5.32 Å². The zero-order chi connectivity index (χ0) is 22.5. The van der Waals surface area contributed by atoms with Gasteiger partial charge in [0.25, 0.3) is 0 Å². The summed E-state index contributed by atoms with van der Waals surface area (Å²) >= 11 is 0. The smallest absolute Gasteiger partial charge is 0.376 e. The topological polar surface area (TPSA) is 143 Å². The number of phenols is 2. The van der Waals surface area contributed by atoms with Gasteiger partial charge in [0.15, 0.2) is 5.82 Å². The van der Waals surface area contributed by atoms with E-state index in [1.807, 2.05) is 13.8 Å². The molecule has 164 valence electrons. The van der Waals surface area contributed by atoms with E-state index in [0.29, 0.717) is 29.2 Å². The van der Waals surface area contributed by atoms with Crippen LogP contribution in [-0.2, 0) is 4.74 Å². The molecule has 0 aliphatic rings. The molecule has 0 saturated carbocycles. The molecule has 0 radical (unpaired) electrons. The van der Waals surface area contributed by atoms with Crippen molar-refractivity contribution in [1.82, 2.24) is 19.7 Å². The van der Waals surface area contributed by atoms with Crippen molar-refractivity contribution < 1.29 is 24.9 Å². The van der Waals surface area contributed by atoms with Crippen LogP contribution in [0.5, 0.6) is 11.5 Å². The number of anilines is 1. The van der Waals surface area contributed by atoms with Gasteiger partial charge < -0.3 is 25.4 Å². The lowest BCUT2D eigenvalue weighted by Crippen LogP contribution is -2.14. The Hall–Kier alpha value is -3.66. The predicted octanol–water partition coefficient (Wildman–Crippen LogP) is 2.44. The average Bonchev–Trinajstić information content (AvgIpc) is 3.17. The Morgan fingerprint density at radius 3 is 2.58 bits per heavy atom. The number of pyridine rings is 1. The van der Waals surface area contributed by atoms with Crippen LogP contribution in [0.1, 0.15) is 42.9 Å². The molecule has 10 nitrogen and oxygen atoms in total. The number of carbonyl (C=O) groups excluding carboxylic acids is 1. The SMILES string of the molecule is CCOC(=O)c1nnc(-c2cc(C(C)C)c(O)cc2O)n1-c1ccc(NCCO)nc1. The first-order valence-corrected chi connectivity index (χ1v) is 9.87. The number of hydrogen-bond acceptors (Lipinski definition) is 9. The van der Waals surface area contributed by atoms with Gasteiger partial charge in [-0.2, -0.15) is 0 Å². The molecule has 2 aromatic heterocycles. The Bertz CT molecular complexity index is 1060. The highest BCUT2D eigenvalue weighted by Gasteiger charge is 2.25. The number of carbonyl (C=O) groups is 1. The summed E-state index contributed by atoms with van der Waals surface area (Å²) in [5.41, 5.74) is 1.38. The number of rotatable bonds is 8. The van der Waals surface area contributed by atoms with Crippen LogP contribution in [0, 0.1) is 0 Å². The average molecular weight is 427 g/mol. The maximum atomic E-state index is 12.5. The van der Waals surface area contributed by atoms with Gasteiger partial charge in [-0.15, -0.1) is 10.2 Å². The van der Waals surface area contributed by atoms with Crippen LogP contribution in [0.3, 0.4) is 0 Å². The Morgan fingerprint density at radius 2 is 1.97 bits per heavy atom. The van der Waals surface area contributed by atoms with Gasteiger partial charge in [-0.05, 0) is 36.6 Å². The molecule has 1 aromatic carbocycles. The number of hydrogen-bond donors (Lipinski definition) is 4. The Labute approximate surface area is 179 Å². The van der Waals surface area contributed by atoms with Crippen LogP contribution in [0.2, 0.25) is 0 Å². The summed E-state index contributed by atoms with van der Waals surface area (Å²) in [6.07, 6.45) is 1.51. The van der Waals surface area contributed by atoms with E-state index in [2.05, 4.69) is 20.5 Å². The number of esters is 1. The van der Waals surface area contributed by atoms with E-state index in [1.165, 1.54) is 16.8 Å². The molecule has 31 heavy (non-hydrogen) atoms. The van der Waals surface area contributed by atoms with Crippen LogP contribution in [-0.4, -0.2) is 60.8 Å². The maximum Gasteiger partial charge on any atom is 0.376 e. The van der Waals surface area contributed by atoms with Gasteiger partial charge in [-0.3, -0.25) is 4.57 Å². The maximum absolute atomic E-state index is 12.5. The van der Waals surface area contributed by atoms with Crippen molar-refractivity contribution in [1.29, 1.82) is 0 Å². The fraction of sp³-hybridized carbons (Fsp3) is 0.333. The third-order valence-electron chi connectivity index (χ3n) is 4.55. The normalized spacial score (nSPS) is 11.0. The van der Waals surface area contributed by atoms with Crippen LogP contribution in [0.15, 0.2) is 30.5 Å². The van der Waals surface area contributed by atoms with Crippen molar-refractivity contribution in [2.24, 2.45) is 0 Å². The Kier molecular flexibility index (Phi) is 6.71. The molecule has 0 unspecified atom stereocenters. The number of nitrogens with zero attached hydrogens (tertiary/aromatic N) is 4. The number of aliphatic hydroxyl groups excluding tert-OH is 1. The highest BCUT2D eigenvalue weighted by atomic mass is 16.5. The first-order chi connectivity index (χ1) is 14.9. The van der Waals surface area contributed by atoms with E-state index in [-0.39, 0.29) is 42.3 Å². The largest absolute Gasteiger partial charge is 0.508 e. The number of aromatic nitrogens is 4. The predicted molar refractivity (Wildman–Crippen MR) is 114 cm³/mol. The standard InChI is InChI=1S/C21H25N5O5/c1-4-31-21(30)20-25-24-19(15-9-14(12(2)3)16(28)10-17(15)29)26(20)13-5-6-18(23-11-13)22-7-8-27/h5-6,9-12,27-29H,4,7-8H2,1-3H3,(H,22,23). The quantitative estimate of drug-likeness (QED) is 0.399. The second-order valence-corrected chi connectivity index (χ2v) is 7.04. The highest BCUT2D eigenvalue weighted by molar-refractivity contribution is 5.87. The number of aliphatic hydroxyl groups is 1. The van der Waals surface area contributed by atoms with Gasteiger partial charge in [0.2, 0.25) is 5.82 Å². The molecule has 2 heterocycles. The highest BCUT2D eigenvalue weighted by Crippen LogP contribution is 2.38. The van der Waals surface area contributed by atoms with Gasteiger partial charge in [0.05, 0.1) is 30.7 Å². The van der Waals surface area contributed by atoms with Crippen LogP contribution in [0.4, 0.5) is 5.82 Å². The first-order valence-electron chi connectivity index (χ1n) is 9.87. The number of nitrogens with one attached hydrogen (secondary N) is 1. The summed E-state index contributed by atoms with van der Waals surface area (Å²) in [7, 11) is 0. The van der Waals surface area contributed by atoms with Crippen molar-refractivity contribution in [3.8, 4) is 28.6 Å². The first kappa shape index (κ1) is 22.0. The minimum absolute atomic E-state index is 0.0150. The molecule has 0 aliphatic carbocycles. The molecule has 0 fully saturated rings. The molecular weight excluding hydrogens is 402 g/mol. The number of benzene rings is 1. The molecule has 0 saturated heterocycles. The summed E-state index contributed by atoms with van der Waals surface area (Å²) < 4.78 is 6.54. The zero-order valence-corrected chi connectivity index (χ0v) is 17.5. The molecule has 0 atom stereocenters. The summed E-state index contributed by atoms with van der Waals surface area (Å²) in [6.45, 7) is 5.97. The number of ether oxygens (including phenoxy) is 1. The van der Waals surface area contributed by atoms with Crippen molar-refractivity contribution in [3.05, 3.63) is 41.9 Å². The summed E-state index contributed by atoms with van der Waals surface area (Å²) in [5.74, 6) is -0.271. The summed E-state index contributed by atoms with van der Waals surface area (Å²) in [6, 6.07) is 6.24. The van der Waals surface area contributed by atoms with Crippen molar-refractivity contribution in [2.75, 3.05) is 25.1 Å². The molecule has 3 rings (SSSR count). The van der Waals surface area contributed by atoms with Gasteiger partial charge in [-0.25, -0.2) is 9.78 Å². The third kappa shape index (κ3) is 4.58. The molecule has 0 amide bonds. The summed E-state index contributed by atoms with van der Waals surface area (Å²) in [4.78, 5) is 16.8. The molecular formula is C21H25N5O5. The lowest BCUT2D eigenvalue weighted by atomic mass is 9.98. The molecule has 3 aromatic rings. The molecule has 0 spiro atoms. The minimum Gasteiger partial charge on any atom is -0.508 e. The fourth-order valence-corrected chi connectivity index (χ4v) is 3.07. The van der Waals surface area contributed by atoms with E-state index in [4.69, 9.17) is 9.84 Å². The van der Waals surface area contributed by atoms with Gasteiger partial charge in [0.1, 0.15) is 17.3 Å². The fourth-order valence-electron chi connectivity index (χ4n) is 3.07. The molecule has 0 bridgehead atoms. The van der Waals surface area contributed by atoms with E-state index in [9.17, 15) is 15.0 Å². The molecule has 4 N–H and O–H groups in total. The van der Waals surface area contributed by atoms with E-state index in [1.54, 1.807) is 25.1 Å². The monoisotopic (exact) mass is 427 g/mol. The Morgan fingerprint density at radius 1 is 1.19 bits per heavy atom. The van der Waals surface area contributed by atoms with E-state index >= 15 is 0 Å². The summed E-state index contributed by atoms with van der Waals surface area (Å²) in [5, 5.41) is 40.7. The number of phenolic OH excluding ortho intramolecular Hbond substituents is 2. The van der Waals surface area contributed by atoms with Gasteiger partial charge in [-0.1, -0.05) is 13.8 Å². The van der Waals surface area contributed by atoms with Crippen molar-refractivity contribution in [2.45, 2.75) is 26.7 Å². The zero-order valence-electron chi connectivity index (χ0n) is 17.5. The van der Waals surface area contributed by atoms with E-state index < -0.39 is 5.97 Å². The Balaban J connectivity index is 2.17. The lowest BCUT2D eigenvalue weighted by Gasteiger charge is -2.14. The second kappa shape index (κ2) is 9.43. The lowest BCUT2D eigenvalue weighted by molar-refractivity contribution is 0.0509. The molecule has 10 heteroatoms. The van der Waals surface area contributed by atoms with E-state index in [0.717, 1.165) is 0 Å². The van der Waals surface area contributed by atoms with Crippen LogP contribution >= 0.6 is 0 Å². The van der Waals surface area contributed by atoms with Gasteiger partial charge in [0, 0.05) is 12.6 Å². The minimum atomic E-state index is -0.675. The van der Waals surface area contributed by atoms with Crippen molar-refractivity contribution in [3.63, 3.8) is 0 Å².